The second-order valence-electron chi connectivity index (χ2n) is 5.15. The Bertz CT molecular complexity index is 459. The first-order valence-electron chi connectivity index (χ1n) is 6.89. The molecular weight excluding hydrogens is 258 g/mol. The van der Waals surface area contributed by atoms with Gasteiger partial charge in [-0.25, -0.2) is 0 Å². The van der Waals surface area contributed by atoms with Gasteiger partial charge in [-0.2, -0.15) is 0 Å². The van der Waals surface area contributed by atoms with Gasteiger partial charge in [0.15, 0.2) is 0 Å². The van der Waals surface area contributed by atoms with Crippen molar-refractivity contribution in [2.75, 3.05) is 19.8 Å². The number of aromatic hydroxyl groups is 1. The third-order valence-corrected chi connectivity index (χ3v) is 4.03. The first-order valence-corrected chi connectivity index (χ1v) is 6.89. The van der Waals surface area contributed by atoms with Gasteiger partial charge in [-0.3, -0.25) is 9.69 Å². The Kier molecular flexibility index (Phi) is 4.62. The number of carbonyl (C=O) groups is 1. The summed E-state index contributed by atoms with van der Waals surface area (Å²) in [6.45, 7) is 5.55. The lowest BCUT2D eigenvalue weighted by atomic mass is 9.98. The number of carboxylic acid groups (broad SMARTS) is 1. The average Bonchev–Trinajstić information content (AvgIpc) is 2.89. The lowest BCUT2D eigenvalue weighted by Crippen LogP contribution is -2.44. The lowest BCUT2D eigenvalue weighted by molar-refractivity contribution is -0.143. The van der Waals surface area contributed by atoms with Crippen molar-refractivity contribution in [3.05, 3.63) is 29.8 Å². The van der Waals surface area contributed by atoms with Gasteiger partial charge in [0.25, 0.3) is 0 Å². The van der Waals surface area contributed by atoms with E-state index in [1.807, 2.05) is 26.0 Å². The molecule has 2 rings (SSSR count). The summed E-state index contributed by atoms with van der Waals surface area (Å²) in [6.07, 6.45) is 0. The Morgan fingerprint density at radius 2 is 2.05 bits per heavy atom. The number of nitrogens with zero attached hydrogens (tertiary/aromatic N) is 1. The van der Waals surface area contributed by atoms with E-state index in [4.69, 9.17) is 4.74 Å². The molecule has 1 saturated heterocycles. The Labute approximate surface area is 118 Å². The Balaban J connectivity index is 2.18. The molecule has 0 spiro atoms. The molecule has 0 radical (unpaired) electrons. The van der Waals surface area contributed by atoms with Crippen molar-refractivity contribution in [2.24, 2.45) is 5.92 Å². The van der Waals surface area contributed by atoms with Crippen LogP contribution in [0.4, 0.5) is 0 Å². The van der Waals surface area contributed by atoms with Gasteiger partial charge in [-0.05, 0) is 31.2 Å². The summed E-state index contributed by atoms with van der Waals surface area (Å²) < 4.78 is 5.36. The third kappa shape index (κ3) is 2.94. The highest BCUT2D eigenvalue weighted by Crippen LogP contribution is 2.29. The predicted molar refractivity (Wildman–Crippen MR) is 74.6 cm³/mol. The van der Waals surface area contributed by atoms with E-state index in [9.17, 15) is 15.0 Å². The highest BCUT2D eigenvalue weighted by atomic mass is 16.5. The quantitative estimate of drug-likeness (QED) is 0.861. The Morgan fingerprint density at radius 3 is 2.60 bits per heavy atom. The zero-order valence-corrected chi connectivity index (χ0v) is 11.8. The average molecular weight is 279 g/mol. The molecule has 0 aromatic heterocycles. The van der Waals surface area contributed by atoms with Crippen molar-refractivity contribution in [2.45, 2.75) is 25.9 Å². The molecule has 1 fully saturated rings. The van der Waals surface area contributed by atoms with Gasteiger partial charge in [0.2, 0.25) is 0 Å². The SMILES string of the molecule is CCN(C(C)c1ccc(O)cc1)C1COCC1C(=O)O. The van der Waals surface area contributed by atoms with Crippen molar-refractivity contribution in [1.82, 2.24) is 4.90 Å². The molecular formula is C15H21NO4. The van der Waals surface area contributed by atoms with Crippen molar-refractivity contribution in [3.8, 4) is 5.75 Å². The van der Waals surface area contributed by atoms with Crippen LogP contribution in [0, 0.1) is 5.92 Å². The van der Waals surface area contributed by atoms with Gasteiger partial charge >= 0.3 is 5.97 Å². The van der Waals surface area contributed by atoms with E-state index in [1.54, 1.807) is 12.1 Å². The van der Waals surface area contributed by atoms with Crippen LogP contribution in [0.1, 0.15) is 25.5 Å². The van der Waals surface area contributed by atoms with E-state index >= 15 is 0 Å². The molecule has 1 aromatic carbocycles. The fraction of sp³-hybridized carbons (Fsp3) is 0.533. The van der Waals surface area contributed by atoms with Crippen LogP contribution < -0.4 is 0 Å². The lowest BCUT2D eigenvalue weighted by Gasteiger charge is -2.34. The Morgan fingerprint density at radius 1 is 1.40 bits per heavy atom. The summed E-state index contributed by atoms with van der Waals surface area (Å²) in [4.78, 5) is 13.4. The van der Waals surface area contributed by atoms with Gasteiger partial charge in [-0.15, -0.1) is 0 Å². The van der Waals surface area contributed by atoms with E-state index < -0.39 is 11.9 Å². The molecule has 1 heterocycles. The molecule has 1 aliphatic heterocycles. The molecule has 3 unspecified atom stereocenters. The van der Waals surface area contributed by atoms with Crippen LogP contribution in [-0.4, -0.2) is 46.9 Å². The van der Waals surface area contributed by atoms with Gasteiger partial charge in [0.1, 0.15) is 5.75 Å². The first kappa shape index (κ1) is 14.8. The standard InChI is InChI=1S/C15H21NO4/c1-3-16(14-9-20-8-13(14)15(18)19)10(2)11-4-6-12(17)7-5-11/h4-7,10,13-14,17H,3,8-9H2,1-2H3,(H,18,19). The third-order valence-electron chi connectivity index (χ3n) is 4.03. The summed E-state index contributed by atoms with van der Waals surface area (Å²) in [5, 5.41) is 18.6. The molecule has 1 aliphatic rings. The number of benzene rings is 1. The van der Waals surface area contributed by atoms with Crippen LogP contribution >= 0.6 is 0 Å². The van der Waals surface area contributed by atoms with Crippen molar-refractivity contribution >= 4 is 5.97 Å². The highest BCUT2D eigenvalue weighted by molar-refractivity contribution is 5.71. The number of hydrogen-bond acceptors (Lipinski definition) is 4. The zero-order chi connectivity index (χ0) is 14.7. The van der Waals surface area contributed by atoms with Gasteiger partial charge in [0, 0.05) is 12.1 Å². The minimum atomic E-state index is -0.802. The van der Waals surface area contributed by atoms with Crippen LogP contribution in [0.15, 0.2) is 24.3 Å². The molecule has 110 valence electrons. The van der Waals surface area contributed by atoms with Crippen LogP contribution in [0.5, 0.6) is 5.75 Å². The molecule has 20 heavy (non-hydrogen) atoms. The molecule has 1 aromatic rings. The van der Waals surface area contributed by atoms with Crippen LogP contribution in [0.25, 0.3) is 0 Å². The maximum absolute atomic E-state index is 11.3. The Hall–Kier alpha value is -1.59. The van der Waals surface area contributed by atoms with Crippen molar-refractivity contribution in [1.29, 1.82) is 0 Å². The summed E-state index contributed by atoms with van der Waals surface area (Å²) >= 11 is 0. The maximum atomic E-state index is 11.3. The molecule has 0 amide bonds. The van der Waals surface area contributed by atoms with E-state index in [0.717, 1.165) is 12.1 Å². The van der Waals surface area contributed by atoms with Gasteiger partial charge in [0.05, 0.1) is 19.1 Å². The van der Waals surface area contributed by atoms with E-state index in [-0.39, 0.29) is 24.4 Å². The monoisotopic (exact) mass is 279 g/mol. The number of hydrogen-bond donors (Lipinski definition) is 2. The summed E-state index contributed by atoms with van der Waals surface area (Å²) in [6, 6.07) is 7.01. The van der Waals surface area contributed by atoms with Gasteiger partial charge in [-0.1, -0.05) is 19.1 Å². The van der Waals surface area contributed by atoms with Crippen LogP contribution in [0.2, 0.25) is 0 Å². The second-order valence-corrected chi connectivity index (χ2v) is 5.15. The molecule has 2 N–H and O–H groups in total. The normalized spacial score (nSPS) is 23.9. The minimum absolute atomic E-state index is 0.0779. The zero-order valence-electron chi connectivity index (χ0n) is 11.8. The molecule has 5 heteroatoms. The second kappa shape index (κ2) is 6.24. The van der Waals surface area contributed by atoms with E-state index in [2.05, 4.69) is 4.90 Å². The summed E-state index contributed by atoms with van der Waals surface area (Å²) in [7, 11) is 0. The number of phenolic OH excluding ortho intramolecular Hbond substituents is 1. The topological polar surface area (TPSA) is 70.0 Å². The van der Waals surface area contributed by atoms with Gasteiger partial charge < -0.3 is 14.9 Å². The molecule has 3 atom stereocenters. The number of phenols is 1. The fourth-order valence-corrected chi connectivity index (χ4v) is 2.85. The van der Waals surface area contributed by atoms with E-state index in [0.29, 0.717) is 6.61 Å². The number of aliphatic carboxylic acids is 1. The van der Waals surface area contributed by atoms with Crippen molar-refractivity contribution in [3.63, 3.8) is 0 Å². The maximum Gasteiger partial charge on any atom is 0.310 e. The minimum Gasteiger partial charge on any atom is -0.508 e. The fourth-order valence-electron chi connectivity index (χ4n) is 2.85. The largest absolute Gasteiger partial charge is 0.508 e. The summed E-state index contributed by atoms with van der Waals surface area (Å²) in [5.74, 6) is -1.05. The predicted octanol–water partition coefficient (Wildman–Crippen LogP) is 1.87. The van der Waals surface area contributed by atoms with Crippen LogP contribution in [0.3, 0.4) is 0 Å². The molecule has 0 aliphatic carbocycles. The first-order chi connectivity index (χ1) is 9.54. The van der Waals surface area contributed by atoms with E-state index in [1.165, 1.54) is 0 Å². The number of rotatable bonds is 5. The number of likely N-dealkylation sites (N-methyl/N-ethyl adjacent to an activating group) is 1. The smallest absolute Gasteiger partial charge is 0.310 e. The molecule has 0 saturated carbocycles. The number of carboxylic acids is 1. The molecule has 0 bridgehead atoms. The highest BCUT2D eigenvalue weighted by Gasteiger charge is 2.39. The summed E-state index contributed by atoms with van der Waals surface area (Å²) in [5.41, 5.74) is 1.06. The number of ether oxygens (including phenoxy) is 1. The molecule has 5 nitrogen and oxygen atoms in total. The van der Waals surface area contributed by atoms with Crippen LogP contribution in [-0.2, 0) is 9.53 Å². The van der Waals surface area contributed by atoms with Crippen molar-refractivity contribution < 1.29 is 19.7 Å².